The van der Waals surface area contributed by atoms with Gasteiger partial charge in [-0.25, -0.2) is 9.59 Å². The van der Waals surface area contributed by atoms with Crippen LogP contribution in [0.2, 0.25) is 0 Å². The van der Waals surface area contributed by atoms with Crippen molar-refractivity contribution in [1.82, 2.24) is 9.55 Å². The van der Waals surface area contributed by atoms with Crippen molar-refractivity contribution >= 4 is 34.6 Å². The van der Waals surface area contributed by atoms with Crippen LogP contribution in [0.3, 0.4) is 0 Å². The van der Waals surface area contributed by atoms with Crippen molar-refractivity contribution in [3.05, 3.63) is 38.7 Å². The third-order valence-electron chi connectivity index (χ3n) is 3.14. The van der Waals surface area contributed by atoms with E-state index >= 15 is 0 Å². The van der Waals surface area contributed by atoms with Crippen LogP contribution in [0.5, 0.6) is 0 Å². The van der Waals surface area contributed by atoms with Gasteiger partial charge in [0.2, 0.25) is 0 Å². The Morgan fingerprint density at radius 1 is 1.50 bits per heavy atom. The van der Waals surface area contributed by atoms with Crippen LogP contribution in [-0.2, 0) is 9.53 Å². The number of aliphatic hydroxyl groups is 2. The number of alkyl halides is 1. The van der Waals surface area contributed by atoms with Crippen LogP contribution in [0.15, 0.2) is 21.9 Å². The quantitative estimate of drug-likeness (QED) is 0.267. The van der Waals surface area contributed by atoms with E-state index in [9.17, 15) is 19.5 Å². The molecule has 1 fully saturated rings. The number of carbonyl (C=O) groups is 1. The summed E-state index contributed by atoms with van der Waals surface area (Å²) in [7, 11) is 0. The minimum atomic E-state index is -1.25. The molecule has 0 amide bonds. The highest BCUT2D eigenvalue weighted by atomic mass is 127. The van der Waals surface area contributed by atoms with Gasteiger partial charge in [-0.1, -0.05) is 22.6 Å². The van der Waals surface area contributed by atoms with Gasteiger partial charge < -0.3 is 20.1 Å². The predicted octanol–water partition coefficient (Wildman–Crippen LogP) is -1.31. The van der Waals surface area contributed by atoms with E-state index < -0.39 is 39.6 Å². The molecule has 0 spiro atoms. The number of H-pyrrole nitrogens is 1. The number of rotatable bonds is 4. The summed E-state index contributed by atoms with van der Waals surface area (Å²) < 4.78 is 5.94. The van der Waals surface area contributed by atoms with E-state index in [1.165, 1.54) is 0 Å². The smallest absolute Gasteiger partial charge is 0.330 e. The number of aliphatic carboxylic acids is 1. The third-order valence-corrected chi connectivity index (χ3v) is 4.68. The van der Waals surface area contributed by atoms with Crippen LogP contribution >= 0.6 is 22.6 Å². The Balaban J connectivity index is 2.44. The molecule has 1 aromatic rings. The Morgan fingerprint density at radius 2 is 2.18 bits per heavy atom. The van der Waals surface area contributed by atoms with E-state index in [2.05, 4.69) is 0 Å². The minimum absolute atomic E-state index is 0.0738. The van der Waals surface area contributed by atoms with Crippen LogP contribution in [0, 0.1) is 0 Å². The maximum atomic E-state index is 11.9. The highest BCUT2D eigenvalue weighted by Gasteiger charge is 2.43. The molecule has 0 aromatic carbocycles. The number of aliphatic hydroxyl groups excluding tert-OH is 2. The Hall–Kier alpha value is -1.50. The average molecular weight is 424 g/mol. The second kappa shape index (κ2) is 6.73. The number of carboxylic acids is 1. The van der Waals surface area contributed by atoms with Gasteiger partial charge in [0.15, 0.2) is 6.23 Å². The summed E-state index contributed by atoms with van der Waals surface area (Å²) in [6, 6.07) is 0. The number of halogens is 1. The zero-order valence-electron chi connectivity index (χ0n) is 11.0. The number of aromatic nitrogens is 2. The molecule has 2 heterocycles. The molecule has 0 bridgehead atoms. The van der Waals surface area contributed by atoms with Crippen LogP contribution < -0.4 is 11.2 Å². The summed E-state index contributed by atoms with van der Waals surface area (Å²) in [4.78, 5) is 36.0. The van der Waals surface area contributed by atoms with Crippen molar-refractivity contribution in [3.63, 3.8) is 0 Å². The highest BCUT2D eigenvalue weighted by Crippen LogP contribution is 2.33. The molecule has 22 heavy (non-hydrogen) atoms. The molecule has 0 unspecified atom stereocenters. The number of nitrogens with zero attached hydrogens (tertiary/aromatic N) is 1. The van der Waals surface area contributed by atoms with Gasteiger partial charge in [-0.2, -0.15) is 0 Å². The molecule has 4 atom stereocenters. The molecule has 1 aliphatic rings. The highest BCUT2D eigenvalue weighted by molar-refractivity contribution is 14.1. The van der Waals surface area contributed by atoms with Crippen molar-refractivity contribution < 1.29 is 24.9 Å². The first-order chi connectivity index (χ1) is 10.3. The first-order valence-electron chi connectivity index (χ1n) is 6.20. The fraction of sp³-hybridized carbons (Fsp3) is 0.417. The second-order valence-corrected chi connectivity index (χ2v) is 6.04. The van der Waals surface area contributed by atoms with Gasteiger partial charge in [0.05, 0.1) is 22.2 Å². The van der Waals surface area contributed by atoms with Crippen LogP contribution in [0.25, 0.3) is 6.08 Å². The van der Waals surface area contributed by atoms with E-state index in [1.54, 1.807) is 0 Å². The molecule has 0 radical (unpaired) electrons. The fourth-order valence-corrected chi connectivity index (χ4v) is 2.81. The lowest BCUT2D eigenvalue weighted by molar-refractivity contribution is -0.131. The predicted molar refractivity (Wildman–Crippen MR) is 82.8 cm³/mol. The van der Waals surface area contributed by atoms with Crippen molar-refractivity contribution in [2.75, 3.05) is 6.61 Å². The van der Waals surface area contributed by atoms with Crippen LogP contribution in [0.4, 0.5) is 0 Å². The first-order valence-corrected chi connectivity index (χ1v) is 7.44. The number of aromatic amines is 1. The molecule has 1 saturated heterocycles. The maximum absolute atomic E-state index is 11.9. The topological polar surface area (TPSA) is 142 Å². The van der Waals surface area contributed by atoms with Gasteiger partial charge in [0.25, 0.3) is 5.56 Å². The number of hydrogen-bond acceptors (Lipinski definition) is 6. The van der Waals surface area contributed by atoms with Gasteiger partial charge >= 0.3 is 11.7 Å². The Morgan fingerprint density at radius 3 is 2.73 bits per heavy atom. The van der Waals surface area contributed by atoms with Crippen molar-refractivity contribution in [2.24, 2.45) is 0 Å². The molecular formula is C12H13IN2O7. The number of ether oxygens (including phenoxy) is 1. The first kappa shape index (κ1) is 16.9. The summed E-state index contributed by atoms with van der Waals surface area (Å²) in [6.45, 7) is -0.328. The lowest BCUT2D eigenvalue weighted by atomic mass is 10.2. The normalized spacial score (nSPS) is 28.3. The van der Waals surface area contributed by atoms with E-state index in [-0.39, 0.29) is 12.2 Å². The van der Waals surface area contributed by atoms with Gasteiger partial charge in [-0.05, 0) is 6.08 Å². The van der Waals surface area contributed by atoms with Crippen molar-refractivity contribution in [3.8, 4) is 0 Å². The molecule has 0 saturated carbocycles. The zero-order valence-corrected chi connectivity index (χ0v) is 13.2. The fourth-order valence-electron chi connectivity index (χ4n) is 2.06. The third kappa shape index (κ3) is 3.29. The monoisotopic (exact) mass is 424 g/mol. The largest absolute Gasteiger partial charge is 0.478 e. The Kier molecular flexibility index (Phi) is 5.16. The number of hydrogen-bond donors (Lipinski definition) is 4. The summed E-state index contributed by atoms with van der Waals surface area (Å²) in [5.41, 5.74) is -1.63. The molecule has 1 aromatic heterocycles. The molecule has 10 heteroatoms. The Bertz CT molecular complexity index is 710. The van der Waals surface area contributed by atoms with Crippen molar-refractivity contribution in [2.45, 2.75) is 22.4 Å². The number of carboxylic acid groups (broad SMARTS) is 1. The molecule has 9 nitrogen and oxygen atoms in total. The number of nitrogens with one attached hydrogen (secondary N) is 1. The zero-order chi connectivity index (χ0) is 16.4. The molecule has 2 rings (SSSR count). The molecule has 0 aliphatic carbocycles. The Labute approximate surface area is 137 Å². The lowest BCUT2D eigenvalue weighted by Gasteiger charge is -2.17. The molecule has 1 aliphatic heterocycles. The average Bonchev–Trinajstić information content (AvgIpc) is 2.74. The van der Waals surface area contributed by atoms with Gasteiger partial charge in [0, 0.05) is 12.3 Å². The lowest BCUT2D eigenvalue weighted by Crippen LogP contribution is -2.37. The minimum Gasteiger partial charge on any atom is -0.478 e. The summed E-state index contributed by atoms with van der Waals surface area (Å²) in [6.07, 6.45) is 0.0832. The van der Waals surface area contributed by atoms with Crippen LogP contribution in [0.1, 0.15) is 11.8 Å². The van der Waals surface area contributed by atoms with Crippen LogP contribution in [-0.4, -0.2) is 53.6 Å². The van der Waals surface area contributed by atoms with Gasteiger partial charge in [-0.15, -0.1) is 0 Å². The van der Waals surface area contributed by atoms with E-state index in [0.717, 1.165) is 22.9 Å². The SMILES string of the molecule is O=C(O)C=Cc1cn([C@@H]2O[C@H](CO)[C@@H](I)[C@H]2O)c(=O)[nH]c1=O. The second-order valence-electron chi connectivity index (χ2n) is 4.61. The standard InChI is InChI=1S/C12H13IN2O7/c13-8-6(4-16)22-11(9(8)19)15-3-5(1-2-7(17)18)10(20)14-12(15)21/h1-3,6,8-9,11,16,19H,4H2,(H,17,18)(H,14,20,21)/t6-,8-,9-,11-/m1/s1. The molecule has 120 valence electrons. The summed E-state index contributed by atoms with van der Waals surface area (Å²) >= 11 is 1.90. The molecule has 4 N–H and O–H groups in total. The van der Waals surface area contributed by atoms with Gasteiger partial charge in [0.1, 0.15) is 6.10 Å². The van der Waals surface area contributed by atoms with E-state index in [4.69, 9.17) is 14.9 Å². The van der Waals surface area contributed by atoms with E-state index in [0.29, 0.717) is 0 Å². The van der Waals surface area contributed by atoms with E-state index in [1.807, 2.05) is 27.6 Å². The summed E-state index contributed by atoms with van der Waals surface area (Å²) in [5, 5.41) is 27.9. The summed E-state index contributed by atoms with van der Waals surface area (Å²) in [5.74, 6) is -1.25. The van der Waals surface area contributed by atoms with Gasteiger partial charge in [-0.3, -0.25) is 14.3 Å². The van der Waals surface area contributed by atoms with Crippen molar-refractivity contribution in [1.29, 1.82) is 0 Å². The molecular weight excluding hydrogens is 411 g/mol. The maximum Gasteiger partial charge on any atom is 0.330 e.